The molecule has 0 unspecified atom stereocenters. The van der Waals surface area contributed by atoms with E-state index in [1.807, 2.05) is 0 Å². The minimum Gasteiger partial charge on any atom is -0.310 e. The maximum atomic E-state index is 2.50. The molecule has 2 aliphatic carbocycles. The van der Waals surface area contributed by atoms with Crippen molar-refractivity contribution in [3.8, 4) is 27.9 Å². The van der Waals surface area contributed by atoms with Gasteiger partial charge in [0.2, 0.25) is 0 Å². The van der Waals surface area contributed by atoms with Crippen molar-refractivity contribution in [3.05, 3.63) is 180 Å². The average Bonchev–Trinajstić information content (AvgIpc) is 3.69. The van der Waals surface area contributed by atoms with Crippen LogP contribution in [0.2, 0.25) is 0 Å². The summed E-state index contributed by atoms with van der Waals surface area (Å²) in [5.41, 5.74) is 17.7. The molecule has 2 aliphatic rings. The van der Waals surface area contributed by atoms with Crippen LogP contribution in [0.5, 0.6) is 0 Å². The van der Waals surface area contributed by atoms with Crippen LogP contribution in [0.1, 0.15) is 49.9 Å². The predicted molar refractivity (Wildman–Crippen MR) is 211 cm³/mol. The highest BCUT2D eigenvalue weighted by molar-refractivity contribution is 6.09. The Hall–Kier alpha value is -5.86. The first kappa shape index (κ1) is 29.1. The molecule has 240 valence electrons. The van der Waals surface area contributed by atoms with Gasteiger partial charge in [0.05, 0.1) is 16.7 Å². The zero-order chi connectivity index (χ0) is 33.8. The normalized spacial score (nSPS) is 14.7. The van der Waals surface area contributed by atoms with Crippen molar-refractivity contribution < 1.29 is 0 Å². The van der Waals surface area contributed by atoms with Crippen LogP contribution < -0.4 is 4.90 Å². The van der Waals surface area contributed by atoms with Crippen LogP contribution in [-0.2, 0) is 10.8 Å². The van der Waals surface area contributed by atoms with Gasteiger partial charge < -0.3 is 9.47 Å². The monoisotopic (exact) mass is 642 g/mol. The Morgan fingerprint density at radius 2 is 0.960 bits per heavy atom. The fourth-order valence-electron chi connectivity index (χ4n) is 9.17. The number of benzene rings is 7. The number of rotatable bonds is 4. The van der Waals surface area contributed by atoms with Crippen LogP contribution in [0, 0.1) is 0 Å². The Bertz CT molecular complexity index is 2620. The largest absolute Gasteiger partial charge is 0.310 e. The summed E-state index contributed by atoms with van der Waals surface area (Å²) in [6, 6.07) is 58.6. The fourth-order valence-corrected chi connectivity index (χ4v) is 9.17. The van der Waals surface area contributed by atoms with E-state index in [1.165, 1.54) is 72.0 Å². The zero-order valence-corrected chi connectivity index (χ0v) is 28.9. The molecule has 0 aliphatic heterocycles. The number of fused-ring (bicyclic) bond motifs is 9. The maximum absolute atomic E-state index is 2.50. The smallest absolute Gasteiger partial charge is 0.0543 e. The second-order valence-electron chi connectivity index (χ2n) is 15.0. The van der Waals surface area contributed by atoms with Gasteiger partial charge in [-0.2, -0.15) is 0 Å². The molecule has 0 spiro atoms. The van der Waals surface area contributed by atoms with Gasteiger partial charge in [-0.05, 0) is 87.5 Å². The van der Waals surface area contributed by atoms with Gasteiger partial charge in [-0.15, -0.1) is 0 Å². The highest BCUT2D eigenvalue weighted by atomic mass is 15.1. The highest BCUT2D eigenvalue weighted by Gasteiger charge is 2.39. The van der Waals surface area contributed by atoms with Gasteiger partial charge in [0, 0.05) is 44.2 Å². The van der Waals surface area contributed by atoms with E-state index in [0.29, 0.717) is 0 Å². The molecule has 10 rings (SSSR count). The summed E-state index contributed by atoms with van der Waals surface area (Å²) in [5, 5.41) is 2.54. The number of nitrogens with zero attached hydrogens (tertiary/aromatic N) is 2. The molecule has 2 nitrogen and oxygen atoms in total. The van der Waals surface area contributed by atoms with Crippen LogP contribution in [0.25, 0.3) is 49.7 Å². The van der Waals surface area contributed by atoms with Crippen molar-refractivity contribution in [3.63, 3.8) is 0 Å². The summed E-state index contributed by atoms with van der Waals surface area (Å²) in [6.45, 7) is 9.44. The third-order valence-corrected chi connectivity index (χ3v) is 11.6. The molecule has 2 heteroatoms. The molecule has 8 aromatic rings. The molecule has 0 N–H and O–H groups in total. The molecular formula is C48H38N2. The first-order chi connectivity index (χ1) is 24.3. The average molecular weight is 643 g/mol. The minimum absolute atomic E-state index is 0.0529. The van der Waals surface area contributed by atoms with Crippen LogP contribution in [-0.4, -0.2) is 4.57 Å². The molecule has 1 heterocycles. The van der Waals surface area contributed by atoms with Gasteiger partial charge >= 0.3 is 0 Å². The van der Waals surface area contributed by atoms with Crippen molar-refractivity contribution >= 4 is 38.9 Å². The van der Waals surface area contributed by atoms with Gasteiger partial charge in [0.25, 0.3) is 0 Å². The number of para-hydroxylation sites is 2. The van der Waals surface area contributed by atoms with E-state index in [0.717, 1.165) is 17.1 Å². The number of hydrogen-bond acceptors (Lipinski definition) is 1. The van der Waals surface area contributed by atoms with Gasteiger partial charge in [0.1, 0.15) is 0 Å². The number of hydrogen-bond donors (Lipinski definition) is 0. The van der Waals surface area contributed by atoms with E-state index in [2.05, 4.69) is 195 Å². The lowest BCUT2D eigenvalue weighted by Gasteiger charge is -2.30. The fraction of sp³-hybridized carbons (Fsp3) is 0.125. The zero-order valence-electron chi connectivity index (χ0n) is 28.9. The molecule has 50 heavy (non-hydrogen) atoms. The van der Waals surface area contributed by atoms with E-state index in [9.17, 15) is 0 Å². The molecule has 0 saturated heterocycles. The quantitative estimate of drug-likeness (QED) is 0.185. The van der Waals surface area contributed by atoms with Crippen LogP contribution in [0.4, 0.5) is 17.1 Å². The van der Waals surface area contributed by atoms with Gasteiger partial charge in [-0.1, -0.05) is 137 Å². The molecule has 7 aromatic carbocycles. The molecule has 0 radical (unpaired) electrons. The third kappa shape index (κ3) is 3.91. The topological polar surface area (TPSA) is 8.17 Å². The van der Waals surface area contributed by atoms with Crippen molar-refractivity contribution in [2.75, 3.05) is 4.90 Å². The Labute approximate surface area is 293 Å². The summed E-state index contributed by atoms with van der Waals surface area (Å²) in [6.07, 6.45) is 0. The lowest BCUT2D eigenvalue weighted by molar-refractivity contribution is 0.660. The minimum atomic E-state index is -0.0979. The van der Waals surface area contributed by atoms with E-state index >= 15 is 0 Å². The number of aromatic nitrogens is 1. The molecule has 1 aromatic heterocycles. The first-order valence-corrected chi connectivity index (χ1v) is 17.7. The summed E-state index contributed by atoms with van der Waals surface area (Å²) in [5.74, 6) is 0. The van der Waals surface area contributed by atoms with Crippen LogP contribution in [0.15, 0.2) is 158 Å². The standard InChI is InChI=1S/C48H38N2/c1-47(2)39-21-9-5-17-34(39)38-30-33(27-28-41(38)47)49(45-26-14-23-42-46(45)37-20-6-10-22-40(37)48(42,3)4)31-15-13-16-32(29-31)50-43-24-11-7-18-35(43)36-19-8-12-25-44(36)50/h5-30H,1-4H3. The molecule has 0 saturated carbocycles. The van der Waals surface area contributed by atoms with Gasteiger partial charge in [-0.25, -0.2) is 0 Å². The molecule has 0 amide bonds. The summed E-state index contributed by atoms with van der Waals surface area (Å²) in [4.78, 5) is 2.50. The predicted octanol–water partition coefficient (Wildman–Crippen LogP) is 12.9. The Morgan fingerprint density at radius 3 is 1.70 bits per heavy atom. The van der Waals surface area contributed by atoms with Crippen molar-refractivity contribution in [1.29, 1.82) is 0 Å². The second-order valence-corrected chi connectivity index (χ2v) is 15.0. The second kappa shape index (κ2) is 10.3. The molecule has 0 bridgehead atoms. The van der Waals surface area contributed by atoms with E-state index < -0.39 is 0 Å². The van der Waals surface area contributed by atoms with Crippen LogP contribution >= 0.6 is 0 Å². The van der Waals surface area contributed by atoms with Gasteiger partial charge in [0.15, 0.2) is 0 Å². The van der Waals surface area contributed by atoms with Crippen LogP contribution in [0.3, 0.4) is 0 Å². The van der Waals surface area contributed by atoms with Crippen molar-refractivity contribution in [2.45, 2.75) is 38.5 Å². The maximum Gasteiger partial charge on any atom is 0.0543 e. The summed E-state index contributed by atoms with van der Waals surface area (Å²) >= 11 is 0. The van der Waals surface area contributed by atoms with E-state index in [-0.39, 0.29) is 10.8 Å². The Balaban J connectivity index is 1.25. The third-order valence-electron chi connectivity index (χ3n) is 11.6. The molecule has 0 atom stereocenters. The lowest BCUT2D eigenvalue weighted by atomic mass is 9.82. The van der Waals surface area contributed by atoms with Gasteiger partial charge in [-0.3, -0.25) is 0 Å². The molecular weight excluding hydrogens is 605 g/mol. The summed E-state index contributed by atoms with van der Waals surface area (Å²) < 4.78 is 2.42. The lowest BCUT2D eigenvalue weighted by Crippen LogP contribution is -2.16. The first-order valence-electron chi connectivity index (χ1n) is 17.7. The summed E-state index contributed by atoms with van der Waals surface area (Å²) in [7, 11) is 0. The van der Waals surface area contributed by atoms with E-state index in [1.54, 1.807) is 0 Å². The Kier molecular flexibility index (Phi) is 6.01. The van der Waals surface area contributed by atoms with E-state index in [4.69, 9.17) is 0 Å². The SMILES string of the molecule is CC1(C)c2ccccc2-c2cc(N(c3cccc(-n4c5ccccc5c5ccccc54)c3)c3cccc4c3-c3ccccc3C4(C)C)ccc21. The molecule has 0 fully saturated rings. The Morgan fingerprint density at radius 1 is 0.420 bits per heavy atom. The highest BCUT2D eigenvalue weighted by Crippen LogP contribution is 2.55. The van der Waals surface area contributed by atoms with Crippen molar-refractivity contribution in [1.82, 2.24) is 4.57 Å². The number of anilines is 3. The van der Waals surface area contributed by atoms with Crippen molar-refractivity contribution in [2.24, 2.45) is 0 Å².